The molecule has 4 nitrogen and oxygen atoms in total. The lowest BCUT2D eigenvalue weighted by Gasteiger charge is -2.35. The largest absolute Gasteiger partial charge is 0.453 e. The van der Waals surface area contributed by atoms with E-state index in [2.05, 4.69) is 36.1 Å². The van der Waals surface area contributed by atoms with Crippen LogP contribution in [0.25, 0.3) is 0 Å². The van der Waals surface area contributed by atoms with Crippen LogP contribution < -0.4 is 4.90 Å². The molecule has 0 radical (unpaired) electrons. The van der Waals surface area contributed by atoms with Crippen LogP contribution in [0.5, 0.6) is 0 Å². The Hall–Kier alpha value is -1.71. The van der Waals surface area contributed by atoms with Crippen LogP contribution in [-0.4, -0.2) is 44.3 Å². The van der Waals surface area contributed by atoms with Gasteiger partial charge in [-0.3, -0.25) is 0 Å². The van der Waals surface area contributed by atoms with E-state index in [1.165, 1.54) is 18.4 Å². The lowest BCUT2D eigenvalue weighted by molar-refractivity contribution is 0.121. The molecule has 0 aromatic heterocycles. The smallest absolute Gasteiger partial charge is 0.409 e. The molecule has 0 aliphatic carbocycles. The third-order valence-electron chi connectivity index (χ3n) is 3.40. The van der Waals surface area contributed by atoms with Crippen LogP contribution in [0, 0.1) is 0 Å². The van der Waals surface area contributed by atoms with Gasteiger partial charge in [-0.25, -0.2) is 4.79 Å². The number of rotatable bonds is 2. The van der Waals surface area contributed by atoms with Gasteiger partial charge in [0, 0.05) is 31.9 Å². The highest BCUT2D eigenvalue weighted by molar-refractivity contribution is 5.68. The number of aryl methyl sites for hydroxylation is 1. The first-order valence-corrected chi connectivity index (χ1v) is 6.41. The van der Waals surface area contributed by atoms with Crippen molar-refractivity contribution in [2.75, 3.05) is 38.2 Å². The minimum Gasteiger partial charge on any atom is -0.453 e. The second kappa shape index (κ2) is 5.76. The fourth-order valence-electron chi connectivity index (χ4n) is 2.25. The number of methoxy groups -OCH3 is 1. The number of nitrogens with zero attached hydrogens (tertiary/aromatic N) is 2. The van der Waals surface area contributed by atoms with Gasteiger partial charge in [0.05, 0.1) is 7.11 Å². The molecule has 98 valence electrons. The minimum absolute atomic E-state index is 0.225. The first kappa shape index (κ1) is 12.7. The Labute approximate surface area is 108 Å². The molecule has 18 heavy (non-hydrogen) atoms. The maximum Gasteiger partial charge on any atom is 0.409 e. The SMILES string of the molecule is CCc1cccc(N2CCN(C(=O)OC)CC2)c1. The summed E-state index contributed by atoms with van der Waals surface area (Å²) in [5.74, 6) is 0. The van der Waals surface area contributed by atoms with Gasteiger partial charge < -0.3 is 14.5 Å². The predicted molar refractivity (Wildman–Crippen MR) is 72.0 cm³/mol. The molecule has 1 aromatic carbocycles. The van der Waals surface area contributed by atoms with Crippen LogP contribution in [0.15, 0.2) is 24.3 Å². The summed E-state index contributed by atoms with van der Waals surface area (Å²) < 4.78 is 4.74. The summed E-state index contributed by atoms with van der Waals surface area (Å²) in [6, 6.07) is 8.61. The molecule has 0 saturated carbocycles. The third-order valence-corrected chi connectivity index (χ3v) is 3.40. The summed E-state index contributed by atoms with van der Waals surface area (Å²) in [7, 11) is 1.43. The molecule has 1 amide bonds. The maximum atomic E-state index is 11.4. The number of ether oxygens (including phenoxy) is 1. The summed E-state index contributed by atoms with van der Waals surface area (Å²) in [4.78, 5) is 15.5. The van der Waals surface area contributed by atoms with E-state index in [1.54, 1.807) is 4.90 Å². The van der Waals surface area contributed by atoms with Crippen molar-refractivity contribution in [2.24, 2.45) is 0 Å². The van der Waals surface area contributed by atoms with E-state index in [0.717, 1.165) is 32.6 Å². The number of hydrogen-bond donors (Lipinski definition) is 0. The number of carbonyl (C=O) groups excluding carboxylic acids is 1. The zero-order valence-corrected chi connectivity index (χ0v) is 11.1. The summed E-state index contributed by atoms with van der Waals surface area (Å²) in [5, 5.41) is 0. The monoisotopic (exact) mass is 248 g/mol. The Morgan fingerprint density at radius 2 is 2.00 bits per heavy atom. The summed E-state index contributed by atoms with van der Waals surface area (Å²) in [6.45, 7) is 5.34. The third kappa shape index (κ3) is 2.75. The van der Waals surface area contributed by atoms with Crippen molar-refractivity contribution < 1.29 is 9.53 Å². The summed E-state index contributed by atoms with van der Waals surface area (Å²) >= 11 is 0. The molecular weight excluding hydrogens is 228 g/mol. The van der Waals surface area contributed by atoms with E-state index in [-0.39, 0.29) is 6.09 Å². The van der Waals surface area contributed by atoms with E-state index in [1.807, 2.05) is 0 Å². The Kier molecular flexibility index (Phi) is 4.07. The van der Waals surface area contributed by atoms with Crippen molar-refractivity contribution in [2.45, 2.75) is 13.3 Å². The highest BCUT2D eigenvalue weighted by Crippen LogP contribution is 2.18. The van der Waals surface area contributed by atoms with Crippen molar-refractivity contribution in [1.29, 1.82) is 0 Å². The van der Waals surface area contributed by atoms with Gasteiger partial charge in [-0.15, -0.1) is 0 Å². The van der Waals surface area contributed by atoms with Crippen LogP contribution in [0.2, 0.25) is 0 Å². The van der Waals surface area contributed by atoms with Gasteiger partial charge in [0.2, 0.25) is 0 Å². The van der Waals surface area contributed by atoms with Crippen LogP contribution in [-0.2, 0) is 11.2 Å². The van der Waals surface area contributed by atoms with Crippen LogP contribution >= 0.6 is 0 Å². The quantitative estimate of drug-likeness (QED) is 0.804. The molecule has 1 aromatic rings. The maximum absolute atomic E-state index is 11.4. The van der Waals surface area contributed by atoms with Crippen LogP contribution in [0.4, 0.5) is 10.5 Å². The van der Waals surface area contributed by atoms with E-state index < -0.39 is 0 Å². The number of anilines is 1. The first-order chi connectivity index (χ1) is 8.74. The van der Waals surface area contributed by atoms with E-state index >= 15 is 0 Å². The second-order valence-electron chi connectivity index (χ2n) is 4.47. The highest BCUT2D eigenvalue weighted by Gasteiger charge is 2.21. The topological polar surface area (TPSA) is 32.8 Å². The summed E-state index contributed by atoms with van der Waals surface area (Å²) in [5.41, 5.74) is 2.60. The van der Waals surface area contributed by atoms with Gasteiger partial charge >= 0.3 is 6.09 Å². The van der Waals surface area contributed by atoms with E-state index in [0.29, 0.717) is 0 Å². The fraction of sp³-hybridized carbons (Fsp3) is 0.500. The molecule has 1 fully saturated rings. The molecule has 0 bridgehead atoms. The molecule has 0 unspecified atom stereocenters. The van der Waals surface area contributed by atoms with Gasteiger partial charge in [-0.2, -0.15) is 0 Å². The van der Waals surface area contributed by atoms with E-state index in [4.69, 9.17) is 4.74 Å². The standard InChI is InChI=1S/C14H20N2O2/c1-3-12-5-4-6-13(11-12)15-7-9-16(10-8-15)14(17)18-2/h4-6,11H,3,7-10H2,1-2H3. The predicted octanol–water partition coefficient (Wildman–Crippen LogP) is 2.14. The van der Waals surface area contributed by atoms with Gasteiger partial charge in [0.1, 0.15) is 0 Å². The molecule has 4 heteroatoms. The number of carbonyl (C=O) groups is 1. The lowest BCUT2D eigenvalue weighted by Crippen LogP contribution is -2.48. The molecule has 0 atom stereocenters. The Bertz CT molecular complexity index is 412. The number of amides is 1. The zero-order chi connectivity index (χ0) is 13.0. The Balaban J connectivity index is 1.98. The molecule has 0 spiro atoms. The average molecular weight is 248 g/mol. The van der Waals surface area contributed by atoms with E-state index in [9.17, 15) is 4.79 Å². The number of piperazine rings is 1. The van der Waals surface area contributed by atoms with Gasteiger partial charge in [0.15, 0.2) is 0 Å². The number of benzene rings is 1. The van der Waals surface area contributed by atoms with Crippen molar-refractivity contribution in [1.82, 2.24) is 4.90 Å². The van der Waals surface area contributed by atoms with Crippen LogP contribution in [0.3, 0.4) is 0 Å². The molecule has 1 aliphatic rings. The molecule has 0 N–H and O–H groups in total. The molecule has 1 saturated heterocycles. The average Bonchev–Trinajstić information content (AvgIpc) is 2.46. The Morgan fingerprint density at radius 3 is 2.61 bits per heavy atom. The van der Waals surface area contributed by atoms with Crippen molar-refractivity contribution in [3.63, 3.8) is 0 Å². The lowest BCUT2D eigenvalue weighted by atomic mass is 10.1. The molecule has 2 rings (SSSR count). The minimum atomic E-state index is -0.225. The fourth-order valence-corrected chi connectivity index (χ4v) is 2.25. The molecule has 1 heterocycles. The highest BCUT2D eigenvalue weighted by atomic mass is 16.5. The Morgan fingerprint density at radius 1 is 1.28 bits per heavy atom. The van der Waals surface area contributed by atoms with Crippen LogP contribution in [0.1, 0.15) is 12.5 Å². The normalized spacial score (nSPS) is 15.7. The van der Waals surface area contributed by atoms with Crippen molar-refractivity contribution in [3.8, 4) is 0 Å². The van der Waals surface area contributed by atoms with Gasteiger partial charge in [0.25, 0.3) is 0 Å². The second-order valence-corrected chi connectivity index (χ2v) is 4.47. The van der Waals surface area contributed by atoms with Gasteiger partial charge in [-0.1, -0.05) is 19.1 Å². The molecule has 1 aliphatic heterocycles. The molecular formula is C14H20N2O2. The summed E-state index contributed by atoms with van der Waals surface area (Å²) in [6.07, 6.45) is 0.827. The van der Waals surface area contributed by atoms with Crippen molar-refractivity contribution in [3.05, 3.63) is 29.8 Å². The zero-order valence-electron chi connectivity index (χ0n) is 11.1. The van der Waals surface area contributed by atoms with Crippen molar-refractivity contribution >= 4 is 11.8 Å². The first-order valence-electron chi connectivity index (χ1n) is 6.41. The van der Waals surface area contributed by atoms with Gasteiger partial charge in [-0.05, 0) is 24.1 Å². The number of hydrogen-bond acceptors (Lipinski definition) is 3.